The van der Waals surface area contributed by atoms with Crippen LogP contribution >= 0.6 is 0 Å². The van der Waals surface area contributed by atoms with E-state index in [9.17, 15) is 0 Å². The zero-order valence-electron chi connectivity index (χ0n) is 12.5. The van der Waals surface area contributed by atoms with Crippen LogP contribution in [0.15, 0.2) is 6.07 Å². The molecule has 0 aliphatic carbocycles. The monoisotopic (exact) mass is 252 g/mol. The second-order valence-electron chi connectivity index (χ2n) is 5.10. The van der Waals surface area contributed by atoms with Gasteiger partial charge >= 0.3 is 0 Å². The Morgan fingerprint density at radius 1 is 1.33 bits per heavy atom. The predicted octanol–water partition coefficient (Wildman–Crippen LogP) is 1.93. The second-order valence-corrected chi connectivity index (χ2v) is 5.10. The minimum absolute atomic E-state index is 0.108. The van der Waals surface area contributed by atoms with Crippen LogP contribution in [0.3, 0.4) is 0 Å². The van der Waals surface area contributed by atoms with Gasteiger partial charge in [-0.1, -0.05) is 20.8 Å². The van der Waals surface area contributed by atoms with Gasteiger partial charge in [-0.05, 0) is 32.4 Å². The quantitative estimate of drug-likeness (QED) is 0.806. The number of likely N-dealkylation sites (N-methyl/N-ethyl adjacent to an activating group) is 1. The van der Waals surface area contributed by atoms with Crippen molar-refractivity contribution in [1.29, 1.82) is 0 Å². The van der Waals surface area contributed by atoms with Crippen molar-refractivity contribution in [3.8, 4) is 0 Å². The van der Waals surface area contributed by atoms with Crippen molar-refractivity contribution in [2.45, 2.75) is 52.1 Å². The van der Waals surface area contributed by atoms with Crippen molar-refractivity contribution in [2.75, 3.05) is 13.6 Å². The van der Waals surface area contributed by atoms with Crippen molar-refractivity contribution >= 4 is 0 Å². The number of nitrogens with zero attached hydrogens (tertiary/aromatic N) is 3. The van der Waals surface area contributed by atoms with Crippen LogP contribution < -0.4 is 5.73 Å². The lowest BCUT2D eigenvalue weighted by Gasteiger charge is -2.40. The lowest BCUT2D eigenvalue weighted by molar-refractivity contribution is 0.105. The molecule has 2 N–H and O–H groups in total. The van der Waals surface area contributed by atoms with Crippen LogP contribution in [0.25, 0.3) is 0 Å². The van der Waals surface area contributed by atoms with Gasteiger partial charge in [0.1, 0.15) is 0 Å². The maximum Gasteiger partial charge on any atom is 0.0625 e. The van der Waals surface area contributed by atoms with Gasteiger partial charge in [0.25, 0.3) is 0 Å². The summed E-state index contributed by atoms with van der Waals surface area (Å²) < 4.78 is 1.99. The Kier molecular flexibility index (Phi) is 5.35. The molecular formula is C14H28N4. The van der Waals surface area contributed by atoms with E-state index < -0.39 is 0 Å². The van der Waals surface area contributed by atoms with Crippen molar-refractivity contribution in [3.05, 3.63) is 17.5 Å². The van der Waals surface area contributed by atoms with Crippen molar-refractivity contribution in [2.24, 2.45) is 12.8 Å². The van der Waals surface area contributed by atoms with E-state index in [-0.39, 0.29) is 5.54 Å². The van der Waals surface area contributed by atoms with Gasteiger partial charge in [-0.2, -0.15) is 5.10 Å². The highest BCUT2D eigenvalue weighted by molar-refractivity contribution is 5.10. The zero-order valence-corrected chi connectivity index (χ0v) is 12.5. The molecule has 0 spiro atoms. The van der Waals surface area contributed by atoms with Gasteiger partial charge in [0.15, 0.2) is 0 Å². The van der Waals surface area contributed by atoms with Gasteiger partial charge in [-0.25, -0.2) is 0 Å². The summed E-state index contributed by atoms with van der Waals surface area (Å²) in [6.45, 7) is 8.18. The highest BCUT2D eigenvalue weighted by atomic mass is 15.3. The van der Waals surface area contributed by atoms with E-state index in [4.69, 9.17) is 5.73 Å². The van der Waals surface area contributed by atoms with Gasteiger partial charge in [0.05, 0.1) is 11.4 Å². The van der Waals surface area contributed by atoms with Crippen LogP contribution in [0.4, 0.5) is 0 Å². The van der Waals surface area contributed by atoms with E-state index in [0.717, 1.165) is 31.5 Å². The summed E-state index contributed by atoms with van der Waals surface area (Å²) in [5.41, 5.74) is 8.51. The maximum absolute atomic E-state index is 5.99. The minimum Gasteiger partial charge on any atom is -0.329 e. The highest BCUT2D eigenvalue weighted by Gasteiger charge is 2.29. The Balaban J connectivity index is 2.85. The molecule has 104 valence electrons. The maximum atomic E-state index is 5.99. The SMILES string of the molecule is CCc1cc(CN(C)C(CC)(CC)CN)n(C)n1. The molecule has 0 saturated heterocycles. The number of hydrogen-bond acceptors (Lipinski definition) is 3. The Bertz CT molecular complexity index is 358. The van der Waals surface area contributed by atoms with E-state index >= 15 is 0 Å². The predicted molar refractivity (Wildman–Crippen MR) is 76.4 cm³/mol. The summed E-state index contributed by atoms with van der Waals surface area (Å²) in [6.07, 6.45) is 3.14. The molecular weight excluding hydrogens is 224 g/mol. The van der Waals surface area contributed by atoms with Crippen LogP contribution in [-0.2, 0) is 20.0 Å². The average molecular weight is 252 g/mol. The van der Waals surface area contributed by atoms with E-state index in [2.05, 4.69) is 43.9 Å². The van der Waals surface area contributed by atoms with Gasteiger partial charge in [-0.15, -0.1) is 0 Å². The number of nitrogens with two attached hydrogens (primary N) is 1. The molecule has 0 aromatic carbocycles. The fraction of sp³-hybridized carbons (Fsp3) is 0.786. The number of rotatable bonds is 7. The lowest BCUT2D eigenvalue weighted by Crippen LogP contribution is -2.51. The Hall–Kier alpha value is -0.870. The Labute approximate surface area is 111 Å². The third-order valence-corrected chi connectivity index (χ3v) is 4.29. The molecule has 0 fully saturated rings. The van der Waals surface area contributed by atoms with Crippen LogP contribution in [0.1, 0.15) is 45.0 Å². The fourth-order valence-corrected chi connectivity index (χ4v) is 2.54. The lowest BCUT2D eigenvalue weighted by atomic mass is 9.91. The van der Waals surface area contributed by atoms with E-state index in [1.807, 2.05) is 11.7 Å². The molecule has 0 bridgehead atoms. The van der Waals surface area contributed by atoms with E-state index in [1.165, 1.54) is 5.69 Å². The molecule has 1 aromatic heterocycles. The summed E-state index contributed by atoms with van der Waals surface area (Å²) in [4.78, 5) is 2.38. The molecule has 1 aromatic rings. The van der Waals surface area contributed by atoms with Gasteiger partial charge in [-0.3, -0.25) is 9.58 Å². The van der Waals surface area contributed by atoms with Crippen LogP contribution in [0, 0.1) is 0 Å². The highest BCUT2D eigenvalue weighted by Crippen LogP contribution is 2.23. The summed E-state index contributed by atoms with van der Waals surface area (Å²) in [5.74, 6) is 0. The van der Waals surface area contributed by atoms with Crippen molar-refractivity contribution in [3.63, 3.8) is 0 Å². The van der Waals surface area contributed by atoms with Crippen LogP contribution in [-0.4, -0.2) is 33.8 Å². The van der Waals surface area contributed by atoms with Gasteiger partial charge < -0.3 is 5.73 Å². The average Bonchev–Trinajstić information content (AvgIpc) is 2.73. The molecule has 0 radical (unpaired) electrons. The molecule has 0 aliphatic rings. The smallest absolute Gasteiger partial charge is 0.0625 e. The molecule has 4 heteroatoms. The van der Waals surface area contributed by atoms with Gasteiger partial charge in [0.2, 0.25) is 0 Å². The third-order valence-electron chi connectivity index (χ3n) is 4.29. The standard InChI is InChI=1S/C14H28N4/c1-6-12-9-13(18(5)16-12)10-17(4)14(7-2,8-3)11-15/h9H,6-8,10-11,15H2,1-5H3. The van der Waals surface area contributed by atoms with Crippen molar-refractivity contribution in [1.82, 2.24) is 14.7 Å². The number of aryl methyl sites for hydroxylation is 2. The molecule has 0 saturated carbocycles. The summed E-state index contributed by atoms with van der Waals surface area (Å²) in [6, 6.07) is 2.20. The van der Waals surface area contributed by atoms with E-state index in [1.54, 1.807) is 0 Å². The van der Waals surface area contributed by atoms with Crippen LogP contribution in [0.5, 0.6) is 0 Å². The topological polar surface area (TPSA) is 47.1 Å². The molecule has 18 heavy (non-hydrogen) atoms. The first kappa shape index (κ1) is 15.2. The number of hydrogen-bond donors (Lipinski definition) is 1. The first-order valence-corrected chi connectivity index (χ1v) is 6.96. The number of aromatic nitrogens is 2. The van der Waals surface area contributed by atoms with Crippen LogP contribution in [0.2, 0.25) is 0 Å². The third kappa shape index (κ3) is 2.93. The summed E-state index contributed by atoms with van der Waals surface area (Å²) in [5, 5.41) is 4.50. The fourth-order valence-electron chi connectivity index (χ4n) is 2.54. The summed E-state index contributed by atoms with van der Waals surface area (Å²) in [7, 11) is 4.18. The first-order chi connectivity index (χ1) is 8.52. The largest absolute Gasteiger partial charge is 0.329 e. The minimum atomic E-state index is 0.108. The molecule has 1 heterocycles. The molecule has 0 aliphatic heterocycles. The Morgan fingerprint density at radius 2 is 1.94 bits per heavy atom. The summed E-state index contributed by atoms with van der Waals surface area (Å²) >= 11 is 0. The zero-order chi connectivity index (χ0) is 13.8. The van der Waals surface area contributed by atoms with Crippen molar-refractivity contribution < 1.29 is 0 Å². The normalized spacial score (nSPS) is 12.4. The Morgan fingerprint density at radius 3 is 2.33 bits per heavy atom. The van der Waals surface area contributed by atoms with Gasteiger partial charge in [0, 0.05) is 25.7 Å². The molecule has 1 rings (SSSR count). The van der Waals surface area contributed by atoms with E-state index in [0.29, 0.717) is 6.54 Å². The molecule has 0 atom stereocenters. The molecule has 0 unspecified atom stereocenters. The molecule has 4 nitrogen and oxygen atoms in total. The second kappa shape index (κ2) is 6.34. The first-order valence-electron chi connectivity index (χ1n) is 6.96. The molecule has 0 amide bonds.